The third kappa shape index (κ3) is 4.20. The molecule has 0 spiro atoms. The van der Waals surface area contributed by atoms with Crippen LogP contribution in [-0.2, 0) is 11.3 Å². The lowest BCUT2D eigenvalue weighted by Gasteiger charge is -2.22. The zero-order valence-electron chi connectivity index (χ0n) is 12.4. The first-order chi connectivity index (χ1) is 11.3. The number of para-hydroxylation sites is 1. The third-order valence-electron chi connectivity index (χ3n) is 3.28. The fraction of sp³-hybridized carbons (Fsp3) is 0.118. The normalized spacial score (nSPS) is 10.4. The fourth-order valence-electron chi connectivity index (χ4n) is 2.17. The molecule has 0 aliphatic carbocycles. The Bertz CT molecular complexity index is 732. The summed E-state index contributed by atoms with van der Waals surface area (Å²) in [6, 6.07) is 19.7. The van der Waals surface area contributed by atoms with E-state index >= 15 is 0 Å². The van der Waals surface area contributed by atoms with E-state index in [9.17, 15) is 4.79 Å². The number of nitrogens with zero attached hydrogens (tertiary/aromatic N) is 3. The van der Waals surface area contributed by atoms with Gasteiger partial charge >= 0.3 is 0 Å². The van der Waals surface area contributed by atoms with Gasteiger partial charge in [0.2, 0.25) is 5.91 Å². The van der Waals surface area contributed by atoms with E-state index in [4.69, 9.17) is 0 Å². The van der Waals surface area contributed by atoms with Crippen LogP contribution in [0.2, 0.25) is 0 Å². The van der Waals surface area contributed by atoms with Crippen LogP contribution in [0.3, 0.4) is 0 Å². The molecule has 0 atom stereocenters. The molecule has 2 aromatic carbocycles. The predicted molar refractivity (Wildman–Crippen MR) is 91.2 cm³/mol. The monoisotopic (exact) mass is 324 g/mol. The summed E-state index contributed by atoms with van der Waals surface area (Å²) in [6.07, 6.45) is 1.44. The van der Waals surface area contributed by atoms with Crippen LogP contribution in [-0.4, -0.2) is 26.8 Å². The highest BCUT2D eigenvalue weighted by Gasteiger charge is 2.16. The van der Waals surface area contributed by atoms with Gasteiger partial charge in [-0.05, 0) is 17.7 Å². The molecule has 0 fully saturated rings. The first-order valence-corrected chi connectivity index (χ1v) is 8.19. The summed E-state index contributed by atoms with van der Waals surface area (Å²) in [5.41, 5.74) is 1.98. The highest BCUT2D eigenvalue weighted by atomic mass is 32.2. The number of hydrogen-bond donors (Lipinski definition) is 1. The Labute approximate surface area is 138 Å². The highest BCUT2D eigenvalue weighted by molar-refractivity contribution is 7.99. The average molecular weight is 324 g/mol. The molecule has 3 rings (SSSR count). The maximum atomic E-state index is 12.7. The second-order valence-corrected chi connectivity index (χ2v) is 5.84. The van der Waals surface area contributed by atoms with Crippen molar-refractivity contribution in [3.05, 3.63) is 72.6 Å². The van der Waals surface area contributed by atoms with Crippen molar-refractivity contribution in [2.24, 2.45) is 0 Å². The third-order valence-corrected chi connectivity index (χ3v) is 4.14. The van der Waals surface area contributed by atoms with Gasteiger partial charge in [0.1, 0.15) is 6.33 Å². The lowest BCUT2D eigenvalue weighted by atomic mass is 10.2. The van der Waals surface area contributed by atoms with Crippen LogP contribution >= 0.6 is 11.8 Å². The lowest BCUT2D eigenvalue weighted by Crippen LogP contribution is -2.31. The molecule has 1 aromatic heterocycles. The minimum atomic E-state index is 0.0291. The summed E-state index contributed by atoms with van der Waals surface area (Å²) < 4.78 is 0. The van der Waals surface area contributed by atoms with Crippen molar-refractivity contribution >= 4 is 23.4 Å². The molecule has 3 aromatic rings. The molecule has 1 heterocycles. The van der Waals surface area contributed by atoms with Gasteiger partial charge in [-0.3, -0.25) is 9.89 Å². The molecule has 5 nitrogen and oxygen atoms in total. The lowest BCUT2D eigenvalue weighted by molar-refractivity contribution is -0.116. The van der Waals surface area contributed by atoms with Crippen LogP contribution in [0.4, 0.5) is 5.69 Å². The quantitative estimate of drug-likeness (QED) is 0.708. The van der Waals surface area contributed by atoms with E-state index in [1.54, 1.807) is 4.90 Å². The largest absolute Gasteiger partial charge is 0.307 e. The Hall–Kier alpha value is -2.60. The van der Waals surface area contributed by atoms with Gasteiger partial charge in [0, 0.05) is 5.69 Å². The number of amides is 1. The van der Waals surface area contributed by atoms with E-state index in [0.717, 1.165) is 11.3 Å². The van der Waals surface area contributed by atoms with E-state index in [-0.39, 0.29) is 5.91 Å². The minimum absolute atomic E-state index is 0.0291. The number of hydrogen-bond acceptors (Lipinski definition) is 4. The molecule has 116 valence electrons. The SMILES string of the molecule is O=C(CSc1ncn[nH]1)N(Cc1ccccc1)c1ccccc1. The van der Waals surface area contributed by atoms with Gasteiger partial charge in [0.05, 0.1) is 12.3 Å². The molecule has 0 saturated carbocycles. The number of aromatic nitrogens is 3. The van der Waals surface area contributed by atoms with E-state index in [2.05, 4.69) is 15.2 Å². The summed E-state index contributed by atoms with van der Waals surface area (Å²) in [5, 5.41) is 7.19. The number of carbonyl (C=O) groups excluding carboxylic acids is 1. The van der Waals surface area contributed by atoms with E-state index in [1.165, 1.54) is 18.1 Å². The number of benzene rings is 2. The average Bonchev–Trinajstić information content (AvgIpc) is 3.13. The number of aromatic amines is 1. The Morgan fingerprint density at radius 1 is 1.04 bits per heavy atom. The summed E-state index contributed by atoms with van der Waals surface area (Å²) in [7, 11) is 0. The second kappa shape index (κ2) is 7.60. The first kappa shape index (κ1) is 15.3. The topological polar surface area (TPSA) is 61.9 Å². The smallest absolute Gasteiger partial charge is 0.237 e. The summed E-state index contributed by atoms with van der Waals surface area (Å²) >= 11 is 1.35. The first-order valence-electron chi connectivity index (χ1n) is 7.20. The van der Waals surface area contributed by atoms with Crippen LogP contribution in [0.25, 0.3) is 0 Å². The van der Waals surface area contributed by atoms with Crippen molar-refractivity contribution in [1.82, 2.24) is 15.2 Å². The molecule has 0 aliphatic rings. The van der Waals surface area contributed by atoms with E-state index in [1.807, 2.05) is 60.7 Å². The van der Waals surface area contributed by atoms with Crippen LogP contribution in [0.1, 0.15) is 5.56 Å². The number of carbonyl (C=O) groups is 1. The Morgan fingerprint density at radius 3 is 2.39 bits per heavy atom. The highest BCUT2D eigenvalue weighted by Crippen LogP contribution is 2.20. The van der Waals surface area contributed by atoms with Crippen molar-refractivity contribution in [3.63, 3.8) is 0 Å². The molecular weight excluding hydrogens is 308 g/mol. The van der Waals surface area contributed by atoms with Crippen molar-refractivity contribution in [3.8, 4) is 0 Å². The van der Waals surface area contributed by atoms with E-state index < -0.39 is 0 Å². The van der Waals surface area contributed by atoms with Crippen LogP contribution in [0.5, 0.6) is 0 Å². The Morgan fingerprint density at radius 2 is 1.74 bits per heavy atom. The van der Waals surface area contributed by atoms with Crippen molar-refractivity contribution in [2.75, 3.05) is 10.7 Å². The molecule has 1 amide bonds. The van der Waals surface area contributed by atoms with Gasteiger partial charge in [-0.2, -0.15) is 5.10 Å². The standard InChI is InChI=1S/C17H16N4OS/c22-16(12-23-17-18-13-19-20-17)21(15-9-5-2-6-10-15)11-14-7-3-1-4-8-14/h1-10,13H,11-12H2,(H,18,19,20). The molecule has 1 N–H and O–H groups in total. The van der Waals surface area contributed by atoms with Crippen molar-refractivity contribution in [2.45, 2.75) is 11.7 Å². The minimum Gasteiger partial charge on any atom is -0.307 e. The maximum absolute atomic E-state index is 12.7. The molecule has 0 saturated heterocycles. The van der Waals surface area contributed by atoms with Crippen LogP contribution in [0.15, 0.2) is 72.1 Å². The van der Waals surface area contributed by atoms with Gasteiger partial charge in [0.15, 0.2) is 5.16 Å². The molecular formula is C17H16N4OS. The van der Waals surface area contributed by atoms with Gasteiger partial charge < -0.3 is 4.90 Å². The molecule has 0 bridgehead atoms. The van der Waals surface area contributed by atoms with Crippen molar-refractivity contribution in [1.29, 1.82) is 0 Å². The summed E-state index contributed by atoms with van der Waals surface area (Å²) in [5.74, 6) is 0.332. The number of H-pyrrole nitrogens is 1. The Kier molecular flexibility index (Phi) is 5.06. The van der Waals surface area contributed by atoms with Gasteiger partial charge in [-0.15, -0.1) is 0 Å². The second-order valence-electron chi connectivity index (χ2n) is 4.88. The summed E-state index contributed by atoms with van der Waals surface area (Å²) in [6.45, 7) is 0.542. The molecule has 23 heavy (non-hydrogen) atoms. The van der Waals surface area contributed by atoms with Crippen molar-refractivity contribution < 1.29 is 4.79 Å². The zero-order valence-corrected chi connectivity index (χ0v) is 13.2. The summed E-state index contributed by atoms with van der Waals surface area (Å²) in [4.78, 5) is 18.5. The van der Waals surface area contributed by atoms with Crippen LogP contribution in [0, 0.1) is 0 Å². The number of rotatable bonds is 6. The van der Waals surface area contributed by atoms with Gasteiger partial charge in [-0.25, -0.2) is 4.98 Å². The Balaban J connectivity index is 1.75. The van der Waals surface area contributed by atoms with E-state index in [0.29, 0.717) is 17.5 Å². The number of nitrogens with one attached hydrogen (secondary N) is 1. The molecule has 0 radical (unpaired) electrons. The zero-order chi connectivity index (χ0) is 15.9. The van der Waals surface area contributed by atoms with Gasteiger partial charge in [0.25, 0.3) is 0 Å². The predicted octanol–water partition coefficient (Wildman–Crippen LogP) is 3.13. The maximum Gasteiger partial charge on any atom is 0.237 e. The molecule has 6 heteroatoms. The van der Waals surface area contributed by atoms with Crippen LogP contribution < -0.4 is 4.90 Å². The van der Waals surface area contributed by atoms with Gasteiger partial charge in [-0.1, -0.05) is 60.3 Å². The number of anilines is 1. The molecule has 0 aliphatic heterocycles. The molecule has 0 unspecified atom stereocenters. The number of thioether (sulfide) groups is 1. The fourth-order valence-corrected chi connectivity index (χ4v) is 2.82.